The summed E-state index contributed by atoms with van der Waals surface area (Å²) in [4.78, 5) is 4.70. The summed E-state index contributed by atoms with van der Waals surface area (Å²) in [6.07, 6.45) is 1.89. The van der Waals surface area contributed by atoms with E-state index >= 15 is 0 Å². The monoisotopic (exact) mass is 236 g/mol. The van der Waals surface area contributed by atoms with E-state index in [-0.39, 0.29) is 0 Å². The van der Waals surface area contributed by atoms with Crippen molar-refractivity contribution in [3.8, 4) is 0 Å². The Bertz CT molecular complexity index is 585. The van der Waals surface area contributed by atoms with Gasteiger partial charge in [-0.1, -0.05) is 42.5 Å². The molecule has 2 nitrogen and oxygen atoms in total. The van der Waals surface area contributed by atoms with E-state index in [9.17, 15) is 0 Å². The minimum Gasteiger partial charge on any atom is -0.326 e. The molecular weight excluding hydrogens is 220 g/mol. The first kappa shape index (κ1) is 11.2. The lowest BCUT2D eigenvalue weighted by Gasteiger charge is -2.01. The number of hydrogen-bond donors (Lipinski definition) is 1. The highest BCUT2D eigenvalue weighted by Crippen LogP contribution is 2.28. The Morgan fingerprint density at radius 3 is 2.61 bits per heavy atom. The summed E-state index contributed by atoms with van der Waals surface area (Å²) >= 11 is 0. The van der Waals surface area contributed by atoms with Gasteiger partial charge in [-0.25, -0.2) is 0 Å². The van der Waals surface area contributed by atoms with Crippen LogP contribution in [0.25, 0.3) is 0 Å². The number of nitrogens with two attached hydrogens (primary N) is 1. The molecule has 90 valence electrons. The van der Waals surface area contributed by atoms with Gasteiger partial charge in [-0.3, -0.25) is 4.99 Å². The SMILES string of the molecule is NCc1ccc2c(c1)CC(Cc1ccccc1)=N2. The average molecular weight is 236 g/mol. The van der Waals surface area contributed by atoms with Gasteiger partial charge in [0.1, 0.15) is 0 Å². The first-order valence-electron chi connectivity index (χ1n) is 6.27. The van der Waals surface area contributed by atoms with Crippen molar-refractivity contribution >= 4 is 11.4 Å². The zero-order valence-corrected chi connectivity index (χ0v) is 10.3. The second-order valence-corrected chi connectivity index (χ2v) is 4.68. The van der Waals surface area contributed by atoms with Crippen LogP contribution in [0.2, 0.25) is 0 Å². The smallest absolute Gasteiger partial charge is 0.0665 e. The number of rotatable bonds is 3. The van der Waals surface area contributed by atoms with Gasteiger partial charge in [-0.15, -0.1) is 0 Å². The molecule has 2 N–H and O–H groups in total. The molecule has 2 aromatic carbocycles. The fourth-order valence-corrected chi connectivity index (χ4v) is 2.38. The molecule has 0 fully saturated rings. The second kappa shape index (κ2) is 4.75. The lowest BCUT2D eigenvalue weighted by atomic mass is 10.0. The minimum atomic E-state index is 0.599. The first-order valence-corrected chi connectivity index (χ1v) is 6.27. The van der Waals surface area contributed by atoms with Gasteiger partial charge in [0.05, 0.1) is 5.69 Å². The van der Waals surface area contributed by atoms with E-state index in [0.29, 0.717) is 6.54 Å². The van der Waals surface area contributed by atoms with Crippen LogP contribution in [0.5, 0.6) is 0 Å². The third-order valence-corrected chi connectivity index (χ3v) is 3.30. The summed E-state index contributed by atoms with van der Waals surface area (Å²) in [5.74, 6) is 0. The summed E-state index contributed by atoms with van der Waals surface area (Å²) in [6, 6.07) is 16.8. The molecule has 0 aromatic heterocycles. The maximum absolute atomic E-state index is 5.66. The molecule has 2 heteroatoms. The average Bonchev–Trinajstić information content (AvgIpc) is 2.80. The van der Waals surface area contributed by atoms with Crippen molar-refractivity contribution in [3.05, 3.63) is 65.2 Å². The predicted molar refractivity (Wildman–Crippen MR) is 75.3 cm³/mol. The Morgan fingerprint density at radius 1 is 1.00 bits per heavy atom. The molecule has 0 atom stereocenters. The molecule has 0 amide bonds. The van der Waals surface area contributed by atoms with Crippen molar-refractivity contribution in [2.75, 3.05) is 0 Å². The largest absolute Gasteiger partial charge is 0.326 e. The standard InChI is InChI=1S/C16H16N2/c17-11-13-6-7-16-14(8-13)10-15(18-16)9-12-4-2-1-3-5-12/h1-8H,9-11,17H2. The Kier molecular flexibility index (Phi) is 2.95. The van der Waals surface area contributed by atoms with Crippen LogP contribution in [0.1, 0.15) is 16.7 Å². The fourth-order valence-electron chi connectivity index (χ4n) is 2.38. The number of benzene rings is 2. The van der Waals surface area contributed by atoms with Crippen LogP contribution >= 0.6 is 0 Å². The van der Waals surface area contributed by atoms with Crippen LogP contribution in [0, 0.1) is 0 Å². The molecule has 1 heterocycles. The van der Waals surface area contributed by atoms with Crippen molar-refractivity contribution in [1.29, 1.82) is 0 Å². The quantitative estimate of drug-likeness (QED) is 0.874. The molecular formula is C16H16N2. The van der Waals surface area contributed by atoms with E-state index in [1.165, 1.54) is 22.4 Å². The van der Waals surface area contributed by atoms with Crippen molar-refractivity contribution < 1.29 is 0 Å². The van der Waals surface area contributed by atoms with Crippen molar-refractivity contribution in [2.45, 2.75) is 19.4 Å². The third-order valence-electron chi connectivity index (χ3n) is 3.30. The molecule has 0 radical (unpaired) electrons. The Balaban J connectivity index is 1.79. The minimum absolute atomic E-state index is 0.599. The zero-order chi connectivity index (χ0) is 12.4. The molecule has 0 saturated carbocycles. The van der Waals surface area contributed by atoms with Crippen LogP contribution in [0.4, 0.5) is 5.69 Å². The number of nitrogens with zero attached hydrogens (tertiary/aromatic N) is 1. The van der Waals surface area contributed by atoms with Crippen LogP contribution in [-0.2, 0) is 19.4 Å². The summed E-state index contributed by atoms with van der Waals surface area (Å²) in [6.45, 7) is 0.599. The molecule has 18 heavy (non-hydrogen) atoms. The molecule has 2 aromatic rings. The highest BCUT2D eigenvalue weighted by molar-refractivity contribution is 5.95. The molecule has 0 saturated heterocycles. The number of hydrogen-bond acceptors (Lipinski definition) is 2. The lowest BCUT2D eigenvalue weighted by molar-refractivity contribution is 1.06. The molecule has 0 bridgehead atoms. The summed E-state index contributed by atoms with van der Waals surface area (Å²) in [5.41, 5.74) is 11.8. The normalized spacial score (nSPS) is 13.3. The number of aliphatic imine (C=N–C) groups is 1. The molecule has 1 aliphatic rings. The lowest BCUT2D eigenvalue weighted by Crippen LogP contribution is -2.03. The topological polar surface area (TPSA) is 38.4 Å². The predicted octanol–water partition coefficient (Wildman–Crippen LogP) is 3.02. The molecule has 1 aliphatic heterocycles. The first-order chi connectivity index (χ1) is 8.85. The van der Waals surface area contributed by atoms with E-state index in [1.54, 1.807) is 0 Å². The number of fused-ring (bicyclic) bond motifs is 1. The van der Waals surface area contributed by atoms with Crippen LogP contribution < -0.4 is 5.73 Å². The summed E-state index contributed by atoms with van der Waals surface area (Å²) in [5, 5.41) is 0. The Labute approximate surface area is 107 Å². The molecule has 0 spiro atoms. The zero-order valence-electron chi connectivity index (χ0n) is 10.3. The summed E-state index contributed by atoms with van der Waals surface area (Å²) < 4.78 is 0. The molecule has 3 rings (SSSR count). The van der Waals surface area contributed by atoms with Crippen LogP contribution in [-0.4, -0.2) is 5.71 Å². The van der Waals surface area contributed by atoms with Gasteiger partial charge in [-0.05, 0) is 22.8 Å². The van der Waals surface area contributed by atoms with E-state index in [1.807, 2.05) is 6.07 Å². The van der Waals surface area contributed by atoms with E-state index < -0.39 is 0 Å². The van der Waals surface area contributed by atoms with E-state index in [2.05, 4.69) is 42.5 Å². The van der Waals surface area contributed by atoms with Gasteiger partial charge in [0, 0.05) is 25.1 Å². The Morgan fingerprint density at radius 2 is 1.83 bits per heavy atom. The van der Waals surface area contributed by atoms with Gasteiger partial charge in [0.15, 0.2) is 0 Å². The molecule has 0 unspecified atom stereocenters. The van der Waals surface area contributed by atoms with Gasteiger partial charge < -0.3 is 5.73 Å². The van der Waals surface area contributed by atoms with Gasteiger partial charge >= 0.3 is 0 Å². The highest BCUT2D eigenvalue weighted by Gasteiger charge is 2.14. The molecule has 0 aliphatic carbocycles. The summed E-state index contributed by atoms with van der Waals surface area (Å²) in [7, 11) is 0. The van der Waals surface area contributed by atoms with Crippen molar-refractivity contribution in [2.24, 2.45) is 10.7 Å². The maximum atomic E-state index is 5.66. The van der Waals surface area contributed by atoms with Crippen LogP contribution in [0.3, 0.4) is 0 Å². The second-order valence-electron chi connectivity index (χ2n) is 4.68. The fraction of sp³-hybridized carbons (Fsp3) is 0.188. The van der Waals surface area contributed by atoms with E-state index in [0.717, 1.165) is 18.5 Å². The van der Waals surface area contributed by atoms with E-state index in [4.69, 9.17) is 10.7 Å². The van der Waals surface area contributed by atoms with Crippen molar-refractivity contribution in [1.82, 2.24) is 0 Å². The van der Waals surface area contributed by atoms with Gasteiger partial charge in [0.2, 0.25) is 0 Å². The van der Waals surface area contributed by atoms with Crippen LogP contribution in [0.15, 0.2) is 53.5 Å². The third kappa shape index (κ3) is 2.20. The van der Waals surface area contributed by atoms with Gasteiger partial charge in [-0.2, -0.15) is 0 Å². The van der Waals surface area contributed by atoms with Crippen molar-refractivity contribution in [3.63, 3.8) is 0 Å². The Hall–Kier alpha value is -1.93. The maximum Gasteiger partial charge on any atom is 0.0665 e. The van der Waals surface area contributed by atoms with Gasteiger partial charge in [0.25, 0.3) is 0 Å². The highest BCUT2D eigenvalue weighted by atomic mass is 14.8.